The van der Waals surface area contributed by atoms with Crippen molar-refractivity contribution in [2.24, 2.45) is 0 Å². The van der Waals surface area contributed by atoms with Crippen molar-refractivity contribution in [2.45, 2.75) is 26.2 Å². The van der Waals surface area contributed by atoms with Gasteiger partial charge in [0.1, 0.15) is 18.1 Å². The predicted octanol–water partition coefficient (Wildman–Crippen LogP) is 3.63. The van der Waals surface area contributed by atoms with Crippen LogP contribution in [0.2, 0.25) is 0 Å². The quantitative estimate of drug-likeness (QED) is 0.342. The van der Waals surface area contributed by atoms with Gasteiger partial charge in [0.05, 0.1) is 13.2 Å². The van der Waals surface area contributed by atoms with Gasteiger partial charge >= 0.3 is 5.97 Å². The van der Waals surface area contributed by atoms with Gasteiger partial charge in [-0.1, -0.05) is 18.2 Å². The number of fused-ring (bicyclic) bond motifs is 1. The fourth-order valence-electron chi connectivity index (χ4n) is 3.19. The van der Waals surface area contributed by atoms with Crippen LogP contribution in [0.25, 0.3) is 10.9 Å². The van der Waals surface area contributed by atoms with E-state index in [1.54, 1.807) is 0 Å². The van der Waals surface area contributed by atoms with Gasteiger partial charge in [-0.15, -0.1) is 0 Å². The van der Waals surface area contributed by atoms with E-state index in [0.717, 1.165) is 17.7 Å². The summed E-state index contributed by atoms with van der Waals surface area (Å²) in [4.78, 5) is 26.9. The smallest absolute Gasteiger partial charge is 0.306 e. The number of benzene rings is 2. The third-order valence-electron chi connectivity index (χ3n) is 4.69. The topological polar surface area (TPSA) is 89.7 Å². The van der Waals surface area contributed by atoms with Crippen molar-refractivity contribution >= 4 is 22.8 Å². The lowest BCUT2D eigenvalue weighted by Crippen LogP contribution is -2.32. The van der Waals surface area contributed by atoms with E-state index in [-0.39, 0.29) is 24.9 Å². The van der Waals surface area contributed by atoms with Gasteiger partial charge < -0.3 is 24.5 Å². The van der Waals surface area contributed by atoms with Crippen molar-refractivity contribution in [3.8, 4) is 11.5 Å². The Kier molecular flexibility index (Phi) is 8.34. The molecule has 0 aliphatic rings. The molecule has 0 saturated heterocycles. The van der Waals surface area contributed by atoms with Gasteiger partial charge in [-0.25, -0.2) is 0 Å². The Bertz CT molecular complexity index is 981. The maximum absolute atomic E-state index is 11.9. The minimum absolute atomic E-state index is 0.271. The van der Waals surface area contributed by atoms with Crippen LogP contribution in [0.4, 0.5) is 0 Å². The summed E-state index contributed by atoms with van der Waals surface area (Å²) in [6.07, 6.45) is 3.68. The monoisotopic (exact) mass is 424 g/mol. The third-order valence-corrected chi connectivity index (χ3v) is 4.69. The molecule has 2 N–H and O–H groups in total. The molecule has 0 fully saturated rings. The molecule has 7 heteroatoms. The van der Waals surface area contributed by atoms with Crippen molar-refractivity contribution < 1.29 is 23.8 Å². The molecule has 2 aromatic carbocycles. The highest BCUT2D eigenvalue weighted by Gasteiger charge is 2.09. The molecule has 0 unspecified atom stereocenters. The lowest BCUT2D eigenvalue weighted by atomic mass is 10.1. The van der Waals surface area contributed by atoms with Crippen LogP contribution in [0, 0.1) is 0 Å². The summed E-state index contributed by atoms with van der Waals surface area (Å²) in [6, 6.07) is 15.3. The SMILES string of the molecule is CCOc1ccc(OCCNC(=O)COC(=O)CCCc2c[nH]c3ccccc23)cc1. The van der Waals surface area contributed by atoms with E-state index in [0.29, 0.717) is 31.9 Å². The molecular formula is C24H28N2O5. The Morgan fingerprint density at radius 1 is 1.00 bits per heavy atom. The first kappa shape index (κ1) is 22.2. The third kappa shape index (κ3) is 7.06. The van der Waals surface area contributed by atoms with Crippen LogP contribution in [-0.2, 0) is 20.7 Å². The van der Waals surface area contributed by atoms with Gasteiger partial charge in [-0.05, 0) is 55.7 Å². The van der Waals surface area contributed by atoms with E-state index < -0.39 is 0 Å². The van der Waals surface area contributed by atoms with Gasteiger partial charge in [0.2, 0.25) is 0 Å². The molecule has 7 nitrogen and oxygen atoms in total. The minimum atomic E-state index is -0.374. The second-order valence-electron chi connectivity index (χ2n) is 6.98. The molecule has 0 bridgehead atoms. The van der Waals surface area contributed by atoms with Crippen LogP contribution in [-0.4, -0.2) is 43.2 Å². The predicted molar refractivity (Wildman–Crippen MR) is 118 cm³/mol. The Morgan fingerprint density at radius 3 is 2.52 bits per heavy atom. The number of esters is 1. The van der Waals surface area contributed by atoms with Crippen molar-refractivity contribution in [3.05, 3.63) is 60.3 Å². The highest BCUT2D eigenvalue weighted by atomic mass is 16.5. The number of H-pyrrole nitrogens is 1. The summed E-state index contributed by atoms with van der Waals surface area (Å²) in [5, 5.41) is 3.84. The van der Waals surface area contributed by atoms with Crippen LogP contribution in [0.15, 0.2) is 54.7 Å². The van der Waals surface area contributed by atoms with Gasteiger partial charge in [0.25, 0.3) is 5.91 Å². The largest absolute Gasteiger partial charge is 0.494 e. The van der Waals surface area contributed by atoms with E-state index >= 15 is 0 Å². The standard InChI is InChI=1S/C24H28N2O5/c1-2-29-19-10-12-20(13-11-19)30-15-14-25-23(27)17-31-24(28)9-5-6-18-16-26-22-8-4-3-7-21(18)22/h3-4,7-8,10-13,16,26H,2,5-6,9,14-15,17H2,1H3,(H,25,27). The molecule has 0 saturated carbocycles. The number of nitrogens with one attached hydrogen (secondary N) is 2. The van der Waals surface area contributed by atoms with Gasteiger partial charge in [0.15, 0.2) is 6.61 Å². The van der Waals surface area contributed by atoms with Crippen LogP contribution >= 0.6 is 0 Å². The van der Waals surface area contributed by atoms with Crippen molar-refractivity contribution in [2.75, 3.05) is 26.4 Å². The van der Waals surface area contributed by atoms with E-state index in [2.05, 4.69) is 16.4 Å². The molecule has 31 heavy (non-hydrogen) atoms. The second kappa shape index (κ2) is 11.6. The number of para-hydroxylation sites is 1. The fourth-order valence-corrected chi connectivity index (χ4v) is 3.19. The number of hydrogen-bond donors (Lipinski definition) is 2. The second-order valence-corrected chi connectivity index (χ2v) is 6.98. The normalized spacial score (nSPS) is 10.6. The maximum atomic E-state index is 11.9. The molecule has 0 spiro atoms. The maximum Gasteiger partial charge on any atom is 0.306 e. The number of aromatic nitrogens is 1. The molecule has 3 aromatic rings. The van der Waals surface area contributed by atoms with E-state index in [4.69, 9.17) is 14.2 Å². The van der Waals surface area contributed by atoms with Crippen LogP contribution in [0.5, 0.6) is 11.5 Å². The Labute approximate surface area is 181 Å². The van der Waals surface area contributed by atoms with Crippen LogP contribution in [0.1, 0.15) is 25.3 Å². The van der Waals surface area contributed by atoms with E-state index in [1.807, 2.05) is 55.6 Å². The van der Waals surface area contributed by atoms with Gasteiger partial charge in [0, 0.05) is 23.5 Å². The Hall–Kier alpha value is -3.48. The molecular weight excluding hydrogens is 396 g/mol. The van der Waals surface area contributed by atoms with Crippen molar-refractivity contribution in [3.63, 3.8) is 0 Å². The van der Waals surface area contributed by atoms with Crippen LogP contribution in [0.3, 0.4) is 0 Å². The summed E-state index contributed by atoms with van der Waals surface area (Å²) in [5.74, 6) is 0.756. The molecule has 1 aromatic heterocycles. The number of rotatable bonds is 12. The molecule has 1 amide bonds. The number of hydrogen-bond acceptors (Lipinski definition) is 5. The zero-order chi connectivity index (χ0) is 21.9. The number of aromatic amines is 1. The summed E-state index contributed by atoms with van der Waals surface area (Å²) >= 11 is 0. The van der Waals surface area contributed by atoms with Gasteiger partial charge in [-0.3, -0.25) is 9.59 Å². The number of carbonyl (C=O) groups is 2. The van der Waals surface area contributed by atoms with E-state index in [1.165, 1.54) is 10.9 Å². The Morgan fingerprint density at radius 2 is 1.74 bits per heavy atom. The summed E-state index contributed by atoms with van der Waals surface area (Å²) in [5.41, 5.74) is 2.26. The Balaban J connectivity index is 1.25. The average molecular weight is 424 g/mol. The molecule has 0 aliphatic heterocycles. The van der Waals surface area contributed by atoms with Crippen molar-refractivity contribution in [1.82, 2.24) is 10.3 Å². The molecule has 1 heterocycles. The number of ether oxygens (including phenoxy) is 3. The van der Waals surface area contributed by atoms with Gasteiger partial charge in [-0.2, -0.15) is 0 Å². The van der Waals surface area contributed by atoms with E-state index in [9.17, 15) is 9.59 Å². The zero-order valence-electron chi connectivity index (χ0n) is 17.7. The lowest BCUT2D eigenvalue weighted by Gasteiger charge is -2.09. The number of amides is 1. The summed E-state index contributed by atoms with van der Waals surface area (Å²) in [7, 11) is 0. The lowest BCUT2D eigenvalue weighted by molar-refractivity contribution is -0.148. The van der Waals surface area contributed by atoms with Crippen LogP contribution < -0.4 is 14.8 Å². The molecule has 3 rings (SSSR count). The van der Waals surface area contributed by atoms with Crippen molar-refractivity contribution in [1.29, 1.82) is 0 Å². The molecule has 164 valence electrons. The highest BCUT2D eigenvalue weighted by Crippen LogP contribution is 2.19. The first-order valence-electron chi connectivity index (χ1n) is 10.5. The molecule has 0 atom stereocenters. The first-order chi connectivity index (χ1) is 15.2. The number of aryl methyl sites for hydroxylation is 1. The first-order valence-corrected chi connectivity index (χ1v) is 10.5. The molecule has 0 aliphatic carbocycles. The summed E-state index contributed by atoms with van der Waals surface area (Å²) < 4.78 is 16.0. The highest BCUT2D eigenvalue weighted by molar-refractivity contribution is 5.83. The summed E-state index contributed by atoms with van der Waals surface area (Å²) in [6.45, 7) is 2.90. The zero-order valence-corrected chi connectivity index (χ0v) is 17.7. The minimum Gasteiger partial charge on any atom is -0.494 e. The molecule has 0 radical (unpaired) electrons. The number of carbonyl (C=O) groups excluding carboxylic acids is 2. The average Bonchev–Trinajstić information content (AvgIpc) is 3.20. The fraction of sp³-hybridized carbons (Fsp3) is 0.333.